The van der Waals surface area contributed by atoms with Crippen LogP contribution in [0.2, 0.25) is 0 Å². The summed E-state index contributed by atoms with van der Waals surface area (Å²) in [5, 5.41) is 0. The number of hydrogen-bond acceptors (Lipinski definition) is 0. The second kappa shape index (κ2) is 37.9. The summed E-state index contributed by atoms with van der Waals surface area (Å²) in [6, 6.07) is 0. The topological polar surface area (TPSA) is 0 Å². The molecule has 258 valence electrons. The highest BCUT2D eigenvalue weighted by molar-refractivity contribution is 5.15. The monoisotopic (exact) mass is 603 g/mol. The highest BCUT2D eigenvalue weighted by atomic mass is 14.2. The molecule has 0 spiro atoms. The van der Waals surface area contributed by atoms with Crippen LogP contribution in [-0.2, 0) is 0 Å². The van der Waals surface area contributed by atoms with E-state index in [1.165, 1.54) is 238 Å². The summed E-state index contributed by atoms with van der Waals surface area (Å²) < 4.78 is 0. The molecular weight excluding hydrogens is 516 g/mol. The van der Waals surface area contributed by atoms with E-state index in [9.17, 15) is 0 Å². The van der Waals surface area contributed by atoms with Crippen LogP contribution in [-0.4, -0.2) is 0 Å². The minimum absolute atomic E-state index is 1.37. The first-order chi connectivity index (χ1) is 21.3. The third-order valence-corrected chi connectivity index (χ3v) is 10.1. The SMILES string of the molecule is CCCCCCCCCCCC(CCCCCCCCCC)=C(CCCCCCCCCC)CCCCCCCCCC. The Morgan fingerprint density at radius 3 is 0.488 bits per heavy atom. The van der Waals surface area contributed by atoms with Gasteiger partial charge in [-0.25, -0.2) is 0 Å². The first kappa shape index (κ1) is 42.7. The van der Waals surface area contributed by atoms with Crippen molar-refractivity contribution >= 4 is 0 Å². The minimum Gasteiger partial charge on any atom is -0.0710 e. The zero-order chi connectivity index (χ0) is 31.3. The Balaban J connectivity index is 4.90. The smallest absolute Gasteiger partial charge is 0.0318 e. The van der Waals surface area contributed by atoms with E-state index in [-0.39, 0.29) is 0 Å². The summed E-state index contributed by atoms with van der Waals surface area (Å²) >= 11 is 0. The molecule has 0 radical (unpaired) electrons. The van der Waals surface area contributed by atoms with Gasteiger partial charge in [-0.05, 0) is 51.4 Å². The van der Waals surface area contributed by atoms with Crippen molar-refractivity contribution in [3.8, 4) is 0 Å². The fourth-order valence-electron chi connectivity index (χ4n) is 7.02. The van der Waals surface area contributed by atoms with Gasteiger partial charge in [0.2, 0.25) is 0 Å². The van der Waals surface area contributed by atoms with Crippen LogP contribution >= 0.6 is 0 Å². The second-order valence-corrected chi connectivity index (χ2v) is 14.5. The molecule has 0 aromatic rings. The summed E-state index contributed by atoms with van der Waals surface area (Å²) in [6.45, 7) is 9.33. The van der Waals surface area contributed by atoms with E-state index < -0.39 is 0 Å². The zero-order valence-corrected chi connectivity index (χ0v) is 31.2. The quantitative estimate of drug-likeness (QED) is 0.0490. The maximum atomic E-state index is 2.33. The van der Waals surface area contributed by atoms with Gasteiger partial charge < -0.3 is 0 Å². The fourth-order valence-corrected chi connectivity index (χ4v) is 7.02. The molecule has 43 heavy (non-hydrogen) atoms. The van der Waals surface area contributed by atoms with Gasteiger partial charge in [0.1, 0.15) is 0 Å². The second-order valence-electron chi connectivity index (χ2n) is 14.5. The molecule has 0 nitrogen and oxygen atoms in total. The Hall–Kier alpha value is -0.260. The van der Waals surface area contributed by atoms with Crippen LogP contribution in [0.4, 0.5) is 0 Å². The van der Waals surface area contributed by atoms with Gasteiger partial charge in [0.05, 0.1) is 0 Å². The van der Waals surface area contributed by atoms with E-state index in [0.29, 0.717) is 0 Å². The van der Waals surface area contributed by atoms with Crippen molar-refractivity contribution in [1.82, 2.24) is 0 Å². The molecule has 0 atom stereocenters. The third-order valence-electron chi connectivity index (χ3n) is 10.1. The Bertz CT molecular complexity index is 506. The van der Waals surface area contributed by atoms with Gasteiger partial charge in [0.15, 0.2) is 0 Å². The van der Waals surface area contributed by atoms with Crippen LogP contribution in [0.15, 0.2) is 11.1 Å². The zero-order valence-electron chi connectivity index (χ0n) is 31.2. The summed E-state index contributed by atoms with van der Waals surface area (Å²) in [4.78, 5) is 0. The average molecular weight is 603 g/mol. The van der Waals surface area contributed by atoms with Gasteiger partial charge in [-0.2, -0.15) is 0 Å². The molecule has 0 heterocycles. The van der Waals surface area contributed by atoms with Crippen LogP contribution in [0.25, 0.3) is 0 Å². The number of rotatable bonds is 37. The minimum atomic E-state index is 1.37. The van der Waals surface area contributed by atoms with Crippen molar-refractivity contribution in [2.24, 2.45) is 0 Å². The Kier molecular flexibility index (Phi) is 37.7. The van der Waals surface area contributed by atoms with E-state index in [4.69, 9.17) is 0 Å². The lowest BCUT2D eigenvalue weighted by Crippen LogP contribution is -1.97. The predicted octanol–water partition coefficient (Wildman–Crippen LogP) is 16.8. The molecule has 0 aliphatic heterocycles. The van der Waals surface area contributed by atoms with Gasteiger partial charge in [-0.15, -0.1) is 0 Å². The molecular formula is C43H86. The Morgan fingerprint density at radius 2 is 0.326 bits per heavy atom. The average Bonchev–Trinajstić information content (AvgIpc) is 3.02. The summed E-state index contributed by atoms with van der Waals surface area (Å²) in [7, 11) is 0. The molecule has 0 aromatic carbocycles. The maximum Gasteiger partial charge on any atom is -0.0318 e. The summed E-state index contributed by atoms with van der Waals surface area (Å²) in [6.07, 6.45) is 53.6. The molecule has 0 amide bonds. The molecule has 0 N–H and O–H groups in total. The van der Waals surface area contributed by atoms with Crippen LogP contribution < -0.4 is 0 Å². The van der Waals surface area contributed by atoms with Gasteiger partial charge in [0.25, 0.3) is 0 Å². The molecule has 0 unspecified atom stereocenters. The maximum absolute atomic E-state index is 2.33. The van der Waals surface area contributed by atoms with Crippen LogP contribution in [0.1, 0.15) is 265 Å². The van der Waals surface area contributed by atoms with Crippen molar-refractivity contribution < 1.29 is 0 Å². The lowest BCUT2D eigenvalue weighted by atomic mass is 9.89. The Labute approximate surface area is 275 Å². The lowest BCUT2D eigenvalue weighted by Gasteiger charge is -2.17. The summed E-state index contributed by atoms with van der Waals surface area (Å²) in [5.41, 5.74) is 3.89. The molecule has 0 aromatic heterocycles. The number of unbranched alkanes of at least 4 members (excludes halogenated alkanes) is 29. The predicted molar refractivity (Wildman–Crippen MR) is 201 cm³/mol. The van der Waals surface area contributed by atoms with Crippen molar-refractivity contribution in [3.63, 3.8) is 0 Å². The van der Waals surface area contributed by atoms with E-state index >= 15 is 0 Å². The van der Waals surface area contributed by atoms with Crippen molar-refractivity contribution in [3.05, 3.63) is 11.1 Å². The Morgan fingerprint density at radius 1 is 0.186 bits per heavy atom. The molecule has 0 aliphatic carbocycles. The number of hydrogen-bond donors (Lipinski definition) is 0. The molecule has 0 saturated heterocycles. The van der Waals surface area contributed by atoms with Crippen molar-refractivity contribution in [1.29, 1.82) is 0 Å². The van der Waals surface area contributed by atoms with E-state index in [0.717, 1.165) is 0 Å². The number of allylic oxidation sites excluding steroid dienone is 2. The largest absolute Gasteiger partial charge is 0.0710 e. The van der Waals surface area contributed by atoms with Gasteiger partial charge in [-0.3, -0.25) is 0 Å². The molecule has 0 fully saturated rings. The fraction of sp³-hybridized carbons (Fsp3) is 0.953. The summed E-state index contributed by atoms with van der Waals surface area (Å²) in [5.74, 6) is 0. The van der Waals surface area contributed by atoms with E-state index in [1.54, 1.807) is 0 Å². The van der Waals surface area contributed by atoms with Gasteiger partial charge in [0, 0.05) is 0 Å². The molecule has 0 heteroatoms. The van der Waals surface area contributed by atoms with Crippen LogP contribution in [0.3, 0.4) is 0 Å². The molecule has 0 aliphatic rings. The highest BCUT2D eigenvalue weighted by Gasteiger charge is 2.09. The lowest BCUT2D eigenvalue weighted by molar-refractivity contribution is 0.543. The van der Waals surface area contributed by atoms with Gasteiger partial charge in [-0.1, -0.05) is 225 Å². The standard InChI is InChI=1S/C43H86/c1-5-9-13-17-21-25-29-33-37-41-43(40-36-32-28-24-20-16-12-8-4)42(38-34-30-26-22-18-14-10-6-2)39-35-31-27-23-19-15-11-7-3/h5-41H2,1-4H3. The highest BCUT2D eigenvalue weighted by Crippen LogP contribution is 2.29. The molecule has 0 bridgehead atoms. The van der Waals surface area contributed by atoms with Crippen molar-refractivity contribution in [2.75, 3.05) is 0 Å². The first-order valence-corrected chi connectivity index (χ1v) is 21.0. The van der Waals surface area contributed by atoms with Crippen LogP contribution in [0.5, 0.6) is 0 Å². The normalized spacial score (nSPS) is 11.4. The molecule has 0 rings (SSSR count). The third kappa shape index (κ3) is 32.9. The van der Waals surface area contributed by atoms with E-state index in [2.05, 4.69) is 27.7 Å². The van der Waals surface area contributed by atoms with Crippen molar-refractivity contribution in [2.45, 2.75) is 265 Å². The van der Waals surface area contributed by atoms with Crippen LogP contribution in [0, 0.1) is 0 Å². The first-order valence-electron chi connectivity index (χ1n) is 21.0. The van der Waals surface area contributed by atoms with E-state index in [1.807, 2.05) is 11.1 Å². The van der Waals surface area contributed by atoms with Gasteiger partial charge >= 0.3 is 0 Å². The molecule has 0 saturated carbocycles.